The topological polar surface area (TPSA) is 83.8 Å². The molecule has 2 aliphatic rings. The third-order valence-electron chi connectivity index (χ3n) is 4.48. The minimum absolute atomic E-state index is 0.254. The lowest BCUT2D eigenvalue weighted by Crippen LogP contribution is -2.53. The normalized spacial score (nSPS) is 30.4. The van der Waals surface area contributed by atoms with Crippen molar-refractivity contribution >= 4 is 11.6 Å². The Bertz CT molecular complexity index is 594. The summed E-state index contributed by atoms with van der Waals surface area (Å²) in [6, 6.07) is 0. The Balaban J connectivity index is 2.47. The van der Waals surface area contributed by atoms with Gasteiger partial charge in [0.2, 0.25) is 0 Å². The molecule has 0 unspecified atom stereocenters. The van der Waals surface area contributed by atoms with Gasteiger partial charge in [0.1, 0.15) is 17.5 Å². The number of ether oxygens (including phenoxy) is 1. The van der Waals surface area contributed by atoms with E-state index in [0.29, 0.717) is 23.3 Å². The number of hydrogen-bond donors (Lipinski definition) is 2. The van der Waals surface area contributed by atoms with Gasteiger partial charge in [0.25, 0.3) is 0 Å². The predicted octanol–water partition coefficient (Wildman–Crippen LogP) is 1.66. The molecule has 1 heterocycles. The molecule has 0 radical (unpaired) electrons. The summed E-state index contributed by atoms with van der Waals surface area (Å²) in [7, 11) is 0. The maximum atomic E-state index is 12.7. The van der Waals surface area contributed by atoms with Gasteiger partial charge in [-0.3, -0.25) is 9.59 Å². The second kappa shape index (κ2) is 5.82. The van der Waals surface area contributed by atoms with Crippen molar-refractivity contribution in [1.82, 2.24) is 0 Å². The van der Waals surface area contributed by atoms with Gasteiger partial charge in [-0.15, -0.1) is 0 Å². The van der Waals surface area contributed by atoms with Gasteiger partial charge >= 0.3 is 0 Å². The number of allylic oxidation sites excluding steroid dienone is 3. The Hall–Kier alpha value is -1.72. The number of hydrogen-bond acceptors (Lipinski definition) is 5. The first-order chi connectivity index (χ1) is 10.2. The van der Waals surface area contributed by atoms with Gasteiger partial charge in [0, 0.05) is 5.57 Å². The summed E-state index contributed by atoms with van der Waals surface area (Å²) >= 11 is 0. The fraction of sp³-hybridized carbons (Fsp3) is 0.529. The molecule has 2 N–H and O–H groups in total. The summed E-state index contributed by atoms with van der Waals surface area (Å²) in [5, 5.41) is 20.8. The van der Waals surface area contributed by atoms with Crippen molar-refractivity contribution in [1.29, 1.82) is 0 Å². The standard InChI is InChI=1S/C17H22O5/c1-5-9(2)15(19)16(20)14-12-8-22-10(3)6-11(12)7-13(18)17(14,4)21/h6-9,14-15,19,21H,5H2,1-4H3/t9-,14+,15+,17+/m0/s1. The lowest BCUT2D eigenvalue weighted by molar-refractivity contribution is -0.149. The van der Waals surface area contributed by atoms with E-state index in [1.807, 2.05) is 6.92 Å². The van der Waals surface area contributed by atoms with Gasteiger partial charge in [-0.05, 0) is 37.5 Å². The molecule has 1 aliphatic carbocycles. The molecular weight excluding hydrogens is 284 g/mol. The molecule has 120 valence electrons. The van der Waals surface area contributed by atoms with E-state index < -0.39 is 29.2 Å². The molecule has 5 heteroatoms. The van der Waals surface area contributed by atoms with Crippen molar-refractivity contribution in [2.75, 3.05) is 0 Å². The summed E-state index contributed by atoms with van der Waals surface area (Å²) in [6.07, 6.45) is 3.73. The quantitative estimate of drug-likeness (QED) is 0.825. The highest BCUT2D eigenvalue weighted by Crippen LogP contribution is 2.40. The van der Waals surface area contributed by atoms with Crippen LogP contribution in [0.1, 0.15) is 34.1 Å². The second-order valence-corrected chi connectivity index (χ2v) is 6.22. The Labute approximate surface area is 130 Å². The molecule has 5 nitrogen and oxygen atoms in total. The summed E-state index contributed by atoms with van der Waals surface area (Å²) in [5.41, 5.74) is -0.902. The van der Waals surface area contributed by atoms with E-state index in [0.717, 1.165) is 0 Å². The lowest BCUT2D eigenvalue weighted by atomic mass is 9.69. The first-order valence-electron chi connectivity index (χ1n) is 7.45. The van der Waals surface area contributed by atoms with Crippen molar-refractivity contribution in [3.05, 3.63) is 35.3 Å². The molecule has 0 bridgehead atoms. The van der Waals surface area contributed by atoms with Crippen LogP contribution in [0.2, 0.25) is 0 Å². The van der Waals surface area contributed by atoms with Gasteiger partial charge in [-0.2, -0.15) is 0 Å². The van der Waals surface area contributed by atoms with E-state index in [-0.39, 0.29) is 5.92 Å². The van der Waals surface area contributed by atoms with Crippen LogP contribution in [0.3, 0.4) is 0 Å². The Kier molecular flexibility index (Phi) is 4.40. The monoisotopic (exact) mass is 306 g/mol. The van der Waals surface area contributed by atoms with Crippen LogP contribution in [0.4, 0.5) is 0 Å². The molecular formula is C17H22O5. The minimum Gasteiger partial charge on any atom is -0.469 e. The molecule has 0 aromatic rings. The van der Waals surface area contributed by atoms with Crippen LogP contribution in [-0.4, -0.2) is 33.5 Å². The van der Waals surface area contributed by atoms with Crippen LogP contribution in [0.25, 0.3) is 0 Å². The maximum absolute atomic E-state index is 12.7. The first-order valence-corrected chi connectivity index (χ1v) is 7.45. The van der Waals surface area contributed by atoms with E-state index >= 15 is 0 Å². The van der Waals surface area contributed by atoms with Crippen molar-refractivity contribution in [3.8, 4) is 0 Å². The number of ketones is 2. The molecule has 0 fully saturated rings. The van der Waals surface area contributed by atoms with E-state index in [4.69, 9.17) is 4.74 Å². The molecule has 0 aromatic heterocycles. The van der Waals surface area contributed by atoms with Crippen molar-refractivity contribution < 1.29 is 24.5 Å². The van der Waals surface area contributed by atoms with E-state index in [1.54, 1.807) is 19.9 Å². The first kappa shape index (κ1) is 16.6. The van der Waals surface area contributed by atoms with Crippen LogP contribution in [-0.2, 0) is 14.3 Å². The molecule has 4 atom stereocenters. The zero-order chi connectivity index (χ0) is 16.7. The third-order valence-corrected chi connectivity index (χ3v) is 4.48. The molecule has 1 aliphatic heterocycles. The smallest absolute Gasteiger partial charge is 0.188 e. The van der Waals surface area contributed by atoms with E-state index in [9.17, 15) is 19.8 Å². The number of carbonyl (C=O) groups is 2. The van der Waals surface area contributed by atoms with Crippen molar-refractivity contribution in [2.24, 2.45) is 11.8 Å². The van der Waals surface area contributed by atoms with Gasteiger partial charge in [0.15, 0.2) is 11.6 Å². The average molecular weight is 306 g/mol. The molecule has 0 spiro atoms. The average Bonchev–Trinajstić information content (AvgIpc) is 2.46. The Morgan fingerprint density at radius 1 is 1.45 bits per heavy atom. The largest absolute Gasteiger partial charge is 0.469 e. The molecule has 0 saturated heterocycles. The number of fused-ring (bicyclic) bond motifs is 1. The van der Waals surface area contributed by atoms with Crippen LogP contribution >= 0.6 is 0 Å². The fourth-order valence-electron chi connectivity index (χ4n) is 2.76. The van der Waals surface area contributed by atoms with Gasteiger partial charge in [0.05, 0.1) is 12.2 Å². The minimum atomic E-state index is -1.89. The second-order valence-electron chi connectivity index (χ2n) is 6.22. The number of aliphatic hydroxyl groups is 2. The van der Waals surface area contributed by atoms with Crippen LogP contribution in [0.15, 0.2) is 35.3 Å². The van der Waals surface area contributed by atoms with Crippen molar-refractivity contribution in [2.45, 2.75) is 45.8 Å². The van der Waals surface area contributed by atoms with Crippen molar-refractivity contribution in [3.63, 3.8) is 0 Å². The number of rotatable bonds is 4. The zero-order valence-electron chi connectivity index (χ0n) is 13.3. The van der Waals surface area contributed by atoms with Gasteiger partial charge in [-0.25, -0.2) is 0 Å². The van der Waals surface area contributed by atoms with Crippen LogP contribution < -0.4 is 0 Å². The highest BCUT2D eigenvalue weighted by Gasteiger charge is 2.50. The Morgan fingerprint density at radius 2 is 2.09 bits per heavy atom. The third kappa shape index (κ3) is 2.66. The highest BCUT2D eigenvalue weighted by molar-refractivity contribution is 6.06. The number of aliphatic hydroxyl groups excluding tert-OH is 1. The molecule has 22 heavy (non-hydrogen) atoms. The molecule has 0 aromatic carbocycles. The zero-order valence-corrected chi connectivity index (χ0v) is 13.3. The molecule has 0 saturated carbocycles. The highest BCUT2D eigenvalue weighted by atomic mass is 16.5. The predicted molar refractivity (Wildman–Crippen MR) is 80.6 cm³/mol. The molecule has 0 amide bonds. The van der Waals surface area contributed by atoms with Gasteiger partial charge < -0.3 is 14.9 Å². The van der Waals surface area contributed by atoms with E-state index in [1.165, 1.54) is 19.3 Å². The fourth-order valence-corrected chi connectivity index (χ4v) is 2.76. The van der Waals surface area contributed by atoms with E-state index in [2.05, 4.69) is 0 Å². The van der Waals surface area contributed by atoms with Crippen LogP contribution in [0, 0.1) is 11.8 Å². The summed E-state index contributed by atoms with van der Waals surface area (Å²) in [4.78, 5) is 24.9. The summed E-state index contributed by atoms with van der Waals surface area (Å²) in [5.74, 6) is -1.89. The van der Waals surface area contributed by atoms with Crippen LogP contribution in [0.5, 0.6) is 0 Å². The maximum Gasteiger partial charge on any atom is 0.188 e. The summed E-state index contributed by atoms with van der Waals surface area (Å²) in [6.45, 7) is 6.66. The van der Waals surface area contributed by atoms with Gasteiger partial charge in [-0.1, -0.05) is 20.3 Å². The number of carbonyl (C=O) groups excluding carboxylic acids is 2. The molecule has 2 rings (SSSR count). The SMILES string of the molecule is CC[C@H](C)[C@@H](O)C(=O)[C@H]1C2=COC(C)=CC2=CC(=O)[C@@]1(C)O. The lowest BCUT2D eigenvalue weighted by Gasteiger charge is -2.38. The Morgan fingerprint density at radius 3 is 2.68 bits per heavy atom. The summed E-state index contributed by atoms with van der Waals surface area (Å²) < 4.78 is 5.32. The number of Topliss-reactive ketones (excluding diaryl/α,β-unsaturated/α-hetero) is 1.